The van der Waals surface area contributed by atoms with E-state index in [9.17, 15) is 0 Å². The number of benzene rings is 1. The van der Waals surface area contributed by atoms with Crippen LogP contribution < -0.4 is 10.6 Å². The Hall–Kier alpha value is -1.40. The predicted octanol–water partition coefficient (Wildman–Crippen LogP) is 4.08. The van der Waals surface area contributed by atoms with Gasteiger partial charge in [0.25, 0.3) is 0 Å². The van der Waals surface area contributed by atoms with E-state index in [1.807, 2.05) is 26.0 Å². The third-order valence-corrected chi connectivity index (χ3v) is 3.42. The molecule has 1 aromatic carbocycles. The van der Waals surface area contributed by atoms with Crippen LogP contribution in [0.25, 0.3) is 0 Å². The van der Waals surface area contributed by atoms with Crippen molar-refractivity contribution in [2.24, 2.45) is 0 Å². The Balaban J connectivity index is 2.10. The fourth-order valence-electron chi connectivity index (χ4n) is 1.93. The van der Waals surface area contributed by atoms with Gasteiger partial charge in [0.05, 0.1) is 6.54 Å². The summed E-state index contributed by atoms with van der Waals surface area (Å²) >= 11 is 3.49. The van der Waals surface area contributed by atoms with Crippen LogP contribution in [0.5, 0.6) is 0 Å². The summed E-state index contributed by atoms with van der Waals surface area (Å²) in [6.07, 6.45) is 0. The van der Waals surface area contributed by atoms with Crippen LogP contribution in [0, 0.1) is 13.8 Å². The van der Waals surface area contributed by atoms with Gasteiger partial charge in [-0.3, -0.25) is 0 Å². The normalized spacial score (nSPS) is 11.7. The number of anilines is 2. The van der Waals surface area contributed by atoms with Crippen molar-refractivity contribution in [1.82, 2.24) is 15.5 Å². The highest BCUT2D eigenvalue weighted by molar-refractivity contribution is 9.10. The van der Waals surface area contributed by atoms with Crippen LogP contribution in [0.2, 0.25) is 0 Å². The summed E-state index contributed by atoms with van der Waals surface area (Å²) in [6, 6.07) is 4.51. The molecule has 0 saturated carbocycles. The highest BCUT2D eigenvalue weighted by atomic mass is 79.9. The van der Waals surface area contributed by atoms with Gasteiger partial charge in [0.2, 0.25) is 5.89 Å². The van der Waals surface area contributed by atoms with E-state index in [4.69, 9.17) is 4.42 Å². The summed E-state index contributed by atoms with van der Waals surface area (Å²) in [5.41, 5.74) is 3.25. The Kier molecular flexibility index (Phi) is 4.68. The van der Waals surface area contributed by atoms with E-state index in [0.29, 0.717) is 18.5 Å². The van der Waals surface area contributed by atoms with Crippen molar-refractivity contribution >= 4 is 27.6 Å². The molecular formula is C15H21BrN4O. The standard InChI is InChI=1S/C15H21BrN4O/c1-9-6-11(16)7-10(2)13(9)18-14-20-19-12(21-14)8-17-15(3,4)5/h6-7,17H,8H2,1-5H3,(H,18,20). The van der Waals surface area contributed by atoms with Crippen molar-refractivity contribution in [3.8, 4) is 0 Å². The first-order valence-electron chi connectivity index (χ1n) is 6.86. The van der Waals surface area contributed by atoms with E-state index in [2.05, 4.69) is 57.5 Å². The van der Waals surface area contributed by atoms with Gasteiger partial charge in [0.1, 0.15) is 0 Å². The Labute approximate surface area is 133 Å². The number of hydrogen-bond donors (Lipinski definition) is 2. The Morgan fingerprint density at radius 1 is 1.14 bits per heavy atom. The summed E-state index contributed by atoms with van der Waals surface area (Å²) in [5.74, 6) is 0.569. The van der Waals surface area contributed by atoms with Gasteiger partial charge in [-0.05, 0) is 57.9 Å². The Morgan fingerprint density at radius 2 is 1.76 bits per heavy atom. The molecule has 114 valence electrons. The molecule has 6 heteroatoms. The lowest BCUT2D eigenvalue weighted by molar-refractivity contribution is 0.384. The molecule has 1 heterocycles. The number of aromatic nitrogens is 2. The lowest BCUT2D eigenvalue weighted by Crippen LogP contribution is -2.35. The van der Waals surface area contributed by atoms with Gasteiger partial charge in [-0.15, -0.1) is 5.10 Å². The molecule has 2 aromatic rings. The highest BCUT2D eigenvalue weighted by Gasteiger charge is 2.13. The van der Waals surface area contributed by atoms with Gasteiger partial charge in [-0.1, -0.05) is 21.0 Å². The van der Waals surface area contributed by atoms with E-state index in [-0.39, 0.29) is 5.54 Å². The monoisotopic (exact) mass is 352 g/mol. The SMILES string of the molecule is Cc1cc(Br)cc(C)c1Nc1nnc(CNC(C)(C)C)o1. The van der Waals surface area contributed by atoms with Crippen LogP contribution in [0.15, 0.2) is 21.0 Å². The predicted molar refractivity (Wildman–Crippen MR) is 87.8 cm³/mol. The molecular weight excluding hydrogens is 332 g/mol. The summed E-state index contributed by atoms with van der Waals surface area (Å²) in [7, 11) is 0. The van der Waals surface area contributed by atoms with Crippen molar-refractivity contribution in [2.45, 2.75) is 46.7 Å². The molecule has 2 N–H and O–H groups in total. The number of hydrogen-bond acceptors (Lipinski definition) is 5. The summed E-state index contributed by atoms with van der Waals surface area (Å²) in [6.45, 7) is 10.9. The minimum absolute atomic E-state index is 0.0148. The molecule has 0 aliphatic carbocycles. The molecule has 0 atom stereocenters. The first-order chi connectivity index (χ1) is 9.74. The van der Waals surface area contributed by atoms with Crippen molar-refractivity contribution < 1.29 is 4.42 Å². The number of halogens is 1. The number of nitrogens with zero attached hydrogens (tertiary/aromatic N) is 2. The Bertz CT molecular complexity index is 608. The lowest BCUT2D eigenvalue weighted by atomic mass is 10.1. The van der Waals surface area contributed by atoms with Crippen LogP contribution in [0.1, 0.15) is 37.8 Å². The molecule has 0 fully saturated rings. The van der Waals surface area contributed by atoms with E-state index in [1.165, 1.54) is 0 Å². The first kappa shape index (κ1) is 16.0. The smallest absolute Gasteiger partial charge is 0.320 e. The molecule has 0 amide bonds. The zero-order chi connectivity index (χ0) is 15.6. The average molecular weight is 353 g/mol. The maximum absolute atomic E-state index is 5.62. The van der Waals surface area contributed by atoms with Gasteiger partial charge in [-0.25, -0.2) is 0 Å². The lowest BCUT2D eigenvalue weighted by Gasteiger charge is -2.18. The zero-order valence-electron chi connectivity index (χ0n) is 13.0. The third-order valence-electron chi connectivity index (χ3n) is 2.97. The molecule has 21 heavy (non-hydrogen) atoms. The first-order valence-corrected chi connectivity index (χ1v) is 7.65. The zero-order valence-corrected chi connectivity index (χ0v) is 14.6. The second-order valence-electron chi connectivity index (χ2n) is 6.14. The largest absolute Gasteiger partial charge is 0.406 e. The van der Waals surface area contributed by atoms with Crippen molar-refractivity contribution in [2.75, 3.05) is 5.32 Å². The molecule has 0 bridgehead atoms. The molecule has 5 nitrogen and oxygen atoms in total. The number of nitrogens with one attached hydrogen (secondary N) is 2. The molecule has 1 aromatic heterocycles. The van der Waals surface area contributed by atoms with Crippen molar-refractivity contribution in [3.63, 3.8) is 0 Å². The fourth-order valence-corrected chi connectivity index (χ4v) is 2.62. The Morgan fingerprint density at radius 3 is 2.33 bits per heavy atom. The molecule has 0 radical (unpaired) electrons. The van der Waals surface area contributed by atoms with Gasteiger partial charge < -0.3 is 15.1 Å². The van der Waals surface area contributed by atoms with E-state index in [0.717, 1.165) is 21.3 Å². The number of rotatable bonds is 4. The van der Waals surface area contributed by atoms with E-state index < -0.39 is 0 Å². The molecule has 2 rings (SSSR count). The van der Waals surface area contributed by atoms with Crippen LogP contribution in [-0.2, 0) is 6.54 Å². The molecule has 0 aliphatic rings. The topological polar surface area (TPSA) is 63.0 Å². The maximum atomic E-state index is 5.62. The van der Waals surface area contributed by atoms with Gasteiger partial charge in [0.15, 0.2) is 0 Å². The maximum Gasteiger partial charge on any atom is 0.320 e. The number of aryl methyl sites for hydroxylation is 2. The van der Waals surface area contributed by atoms with Crippen LogP contribution in [0.3, 0.4) is 0 Å². The fraction of sp³-hybridized carbons (Fsp3) is 0.467. The second-order valence-corrected chi connectivity index (χ2v) is 7.06. The highest BCUT2D eigenvalue weighted by Crippen LogP contribution is 2.27. The molecule has 0 spiro atoms. The van der Waals surface area contributed by atoms with Crippen LogP contribution in [0.4, 0.5) is 11.7 Å². The van der Waals surface area contributed by atoms with Gasteiger partial charge in [-0.2, -0.15) is 0 Å². The van der Waals surface area contributed by atoms with Crippen LogP contribution in [-0.4, -0.2) is 15.7 Å². The average Bonchev–Trinajstić information content (AvgIpc) is 2.78. The van der Waals surface area contributed by atoms with Crippen molar-refractivity contribution in [1.29, 1.82) is 0 Å². The minimum atomic E-state index is 0.0148. The van der Waals surface area contributed by atoms with E-state index in [1.54, 1.807) is 0 Å². The van der Waals surface area contributed by atoms with Crippen LogP contribution >= 0.6 is 15.9 Å². The summed E-state index contributed by atoms with van der Waals surface area (Å²) in [5, 5.41) is 14.6. The van der Waals surface area contributed by atoms with Crippen molar-refractivity contribution in [3.05, 3.63) is 33.6 Å². The van der Waals surface area contributed by atoms with E-state index >= 15 is 0 Å². The second kappa shape index (κ2) is 6.15. The summed E-state index contributed by atoms with van der Waals surface area (Å²) in [4.78, 5) is 0. The van der Waals surface area contributed by atoms with Gasteiger partial charge in [0, 0.05) is 15.7 Å². The third kappa shape index (κ3) is 4.54. The molecule has 0 saturated heterocycles. The minimum Gasteiger partial charge on any atom is -0.406 e. The quantitative estimate of drug-likeness (QED) is 0.867. The van der Waals surface area contributed by atoms with Gasteiger partial charge >= 0.3 is 6.01 Å². The molecule has 0 aliphatic heterocycles. The summed E-state index contributed by atoms with van der Waals surface area (Å²) < 4.78 is 6.67. The molecule has 0 unspecified atom stereocenters.